The van der Waals surface area contributed by atoms with Crippen molar-refractivity contribution in [3.8, 4) is 33.8 Å². The van der Waals surface area contributed by atoms with E-state index in [1.807, 2.05) is 0 Å². The van der Waals surface area contributed by atoms with E-state index in [0.29, 0.717) is 22.3 Å². The summed E-state index contributed by atoms with van der Waals surface area (Å²) < 4.78 is 86.8. The fraction of sp³-hybridized carbons (Fsp3) is 0.143. The summed E-state index contributed by atoms with van der Waals surface area (Å²) in [7, 11) is 0. The molecule has 4 rings (SSSR count). The van der Waals surface area contributed by atoms with Crippen molar-refractivity contribution in [2.24, 2.45) is 0 Å². The number of hydrogen-bond donors (Lipinski definition) is 0. The Morgan fingerprint density at radius 2 is 0.833 bits per heavy atom. The summed E-state index contributed by atoms with van der Waals surface area (Å²) in [5.74, 6) is -2.13. The molecule has 0 amide bonds. The standard InChI is InChI=1S/C25H16F4O2.C3H6F2/c26-20-7-1-16(2-8-20)18-5-11-24(22(28)13-18)30-15-31-25-12-6-19(14-23(25)29)17-3-9-21(27)10-4-17;4-2-1-3-5/h1-14H,15H2;1-3H2. The third-order valence-corrected chi connectivity index (χ3v) is 4.91. The smallest absolute Gasteiger partial charge is 0.231 e. The highest BCUT2D eigenvalue weighted by Gasteiger charge is 2.10. The van der Waals surface area contributed by atoms with E-state index in [1.165, 1.54) is 48.5 Å². The quantitative estimate of drug-likeness (QED) is 0.178. The highest BCUT2D eigenvalue weighted by molar-refractivity contribution is 5.65. The molecule has 0 heterocycles. The van der Waals surface area contributed by atoms with Gasteiger partial charge in [0.1, 0.15) is 11.6 Å². The van der Waals surface area contributed by atoms with E-state index in [4.69, 9.17) is 9.47 Å². The number of alkyl halides is 2. The predicted molar refractivity (Wildman–Crippen MR) is 126 cm³/mol. The molecule has 0 fully saturated rings. The van der Waals surface area contributed by atoms with Crippen LogP contribution < -0.4 is 9.47 Å². The zero-order valence-corrected chi connectivity index (χ0v) is 19.0. The Morgan fingerprint density at radius 3 is 1.14 bits per heavy atom. The largest absolute Gasteiger partial charge is 0.454 e. The summed E-state index contributed by atoms with van der Waals surface area (Å²) in [6.07, 6.45) is 0.0556. The summed E-state index contributed by atoms with van der Waals surface area (Å²) >= 11 is 0. The summed E-state index contributed by atoms with van der Waals surface area (Å²) in [5.41, 5.74) is 2.44. The summed E-state index contributed by atoms with van der Waals surface area (Å²) in [6, 6.07) is 20.0. The van der Waals surface area contributed by atoms with E-state index in [9.17, 15) is 26.3 Å². The van der Waals surface area contributed by atoms with Crippen LogP contribution in [0.4, 0.5) is 26.3 Å². The molecule has 36 heavy (non-hydrogen) atoms. The minimum absolute atomic E-state index is 0.0556. The van der Waals surface area contributed by atoms with Crippen LogP contribution in [0.1, 0.15) is 6.42 Å². The molecule has 0 aliphatic rings. The Hall–Kier alpha value is -3.94. The molecule has 0 saturated heterocycles. The van der Waals surface area contributed by atoms with Crippen molar-refractivity contribution in [1.29, 1.82) is 0 Å². The zero-order chi connectivity index (χ0) is 25.9. The van der Waals surface area contributed by atoms with Crippen molar-refractivity contribution in [3.63, 3.8) is 0 Å². The zero-order valence-electron chi connectivity index (χ0n) is 19.0. The second kappa shape index (κ2) is 13.2. The molecule has 0 saturated carbocycles. The van der Waals surface area contributed by atoms with Gasteiger partial charge in [-0.15, -0.1) is 0 Å². The van der Waals surface area contributed by atoms with Crippen LogP contribution in [0.25, 0.3) is 22.3 Å². The molecule has 0 N–H and O–H groups in total. The first-order chi connectivity index (χ1) is 17.4. The number of hydrogen-bond acceptors (Lipinski definition) is 2. The van der Waals surface area contributed by atoms with Gasteiger partial charge in [-0.1, -0.05) is 36.4 Å². The fourth-order valence-corrected chi connectivity index (χ4v) is 3.09. The van der Waals surface area contributed by atoms with Gasteiger partial charge in [0.05, 0.1) is 13.3 Å². The molecule has 188 valence electrons. The predicted octanol–water partition coefficient (Wildman–Crippen LogP) is 8.31. The number of halogens is 6. The molecule has 0 aliphatic heterocycles. The van der Waals surface area contributed by atoms with E-state index in [1.54, 1.807) is 36.4 Å². The average molecular weight is 504 g/mol. The maximum atomic E-state index is 14.3. The molecule has 4 aromatic carbocycles. The SMILES string of the molecule is FCCCF.Fc1ccc(-c2ccc(OCOc3ccc(-c4ccc(F)cc4)cc3F)c(F)c2)cc1. The van der Waals surface area contributed by atoms with Gasteiger partial charge >= 0.3 is 0 Å². The average Bonchev–Trinajstić information content (AvgIpc) is 2.88. The number of rotatable bonds is 8. The van der Waals surface area contributed by atoms with Crippen LogP contribution in [-0.4, -0.2) is 20.1 Å². The fourth-order valence-electron chi connectivity index (χ4n) is 3.09. The molecule has 0 atom stereocenters. The molecule has 0 bridgehead atoms. The highest BCUT2D eigenvalue weighted by Crippen LogP contribution is 2.28. The molecule has 0 unspecified atom stereocenters. The van der Waals surface area contributed by atoms with Crippen LogP contribution in [0, 0.1) is 23.3 Å². The van der Waals surface area contributed by atoms with Gasteiger partial charge in [-0.25, -0.2) is 17.6 Å². The maximum Gasteiger partial charge on any atom is 0.231 e. The van der Waals surface area contributed by atoms with Gasteiger partial charge in [0.2, 0.25) is 6.79 Å². The highest BCUT2D eigenvalue weighted by atomic mass is 19.1. The minimum atomic E-state index is -0.627. The lowest BCUT2D eigenvalue weighted by atomic mass is 10.1. The first-order valence-electron chi connectivity index (χ1n) is 10.9. The first-order valence-corrected chi connectivity index (χ1v) is 10.9. The molecule has 0 aromatic heterocycles. The Morgan fingerprint density at radius 1 is 0.472 bits per heavy atom. The second-order valence-corrected chi connectivity index (χ2v) is 7.44. The lowest BCUT2D eigenvalue weighted by Gasteiger charge is -2.12. The van der Waals surface area contributed by atoms with Crippen molar-refractivity contribution in [2.45, 2.75) is 6.42 Å². The van der Waals surface area contributed by atoms with Gasteiger partial charge in [0.15, 0.2) is 23.1 Å². The van der Waals surface area contributed by atoms with Gasteiger partial charge in [-0.3, -0.25) is 8.78 Å². The number of benzene rings is 4. The lowest BCUT2D eigenvalue weighted by molar-refractivity contribution is 0.111. The summed E-state index contributed by atoms with van der Waals surface area (Å²) in [5, 5.41) is 0. The van der Waals surface area contributed by atoms with E-state index in [2.05, 4.69) is 0 Å². The van der Waals surface area contributed by atoms with Gasteiger partial charge < -0.3 is 9.47 Å². The molecule has 0 aliphatic carbocycles. The topological polar surface area (TPSA) is 18.5 Å². The van der Waals surface area contributed by atoms with E-state index in [0.717, 1.165) is 0 Å². The molecular weight excluding hydrogens is 482 g/mol. The normalized spacial score (nSPS) is 10.4. The second-order valence-electron chi connectivity index (χ2n) is 7.44. The Balaban J connectivity index is 0.000000658. The third-order valence-electron chi connectivity index (χ3n) is 4.91. The van der Waals surface area contributed by atoms with Crippen LogP contribution in [0.15, 0.2) is 84.9 Å². The van der Waals surface area contributed by atoms with Gasteiger partial charge in [0.25, 0.3) is 0 Å². The monoisotopic (exact) mass is 504 g/mol. The molecule has 4 aromatic rings. The molecule has 0 spiro atoms. The van der Waals surface area contributed by atoms with Crippen LogP contribution in [-0.2, 0) is 0 Å². The van der Waals surface area contributed by atoms with Crippen molar-refractivity contribution < 1.29 is 35.8 Å². The summed E-state index contributed by atoms with van der Waals surface area (Å²) in [6.45, 7) is -1.47. The Kier molecular flexibility index (Phi) is 9.80. The molecule has 0 radical (unpaired) electrons. The summed E-state index contributed by atoms with van der Waals surface area (Å²) in [4.78, 5) is 0. The number of ether oxygens (including phenoxy) is 2. The molecular formula is C28H22F6O2. The molecule has 2 nitrogen and oxygen atoms in total. The van der Waals surface area contributed by atoms with Crippen molar-refractivity contribution in [3.05, 3.63) is 108 Å². The molecule has 8 heteroatoms. The first kappa shape index (κ1) is 26.7. The van der Waals surface area contributed by atoms with Crippen LogP contribution in [0.2, 0.25) is 0 Å². The van der Waals surface area contributed by atoms with Gasteiger partial charge in [0, 0.05) is 6.42 Å². The third kappa shape index (κ3) is 7.53. The van der Waals surface area contributed by atoms with Crippen molar-refractivity contribution >= 4 is 0 Å². The van der Waals surface area contributed by atoms with Crippen molar-refractivity contribution in [2.75, 3.05) is 20.1 Å². The van der Waals surface area contributed by atoms with Crippen LogP contribution in [0.3, 0.4) is 0 Å². The van der Waals surface area contributed by atoms with Gasteiger partial charge in [-0.05, 0) is 70.8 Å². The van der Waals surface area contributed by atoms with Crippen molar-refractivity contribution in [1.82, 2.24) is 0 Å². The lowest BCUT2D eigenvalue weighted by Crippen LogP contribution is -2.07. The Labute approximate surface area is 204 Å². The Bertz CT molecular complexity index is 1150. The van der Waals surface area contributed by atoms with Crippen LogP contribution in [0.5, 0.6) is 11.5 Å². The van der Waals surface area contributed by atoms with E-state index >= 15 is 0 Å². The van der Waals surface area contributed by atoms with E-state index in [-0.39, 0.29) is 29.6 Å². The minimum Gasteiger partial charge on any atom is -0.454 e. The van der Waals surface area contributed by atoms with Crippen LogP contribution >= 0.6 is 0 Å². The van der Waals surface area contributed by atoms with E-state index < -0.39 is 31.8 Å². The van der Waals surface area contributed by atoms with Gasteiger partial charge in [-0.2, -0.15) is 0 Å². The maximum absolute atomic E-state index is 14.3.